The minimum Gasteiger partial charge on any atom is -0.477 e. The van der Waals surface area contributed by atoms with E-state index in [2.05, 4.69) is 42.2 Å². The number of carbonyl (C=O) groups is 1. The zero-order valence-corrected chi connectivity index (χ0v) is 16.3. The number of anilines is 2. The fourth-order valence-electron chi connectivity index (χ4n) is 3.79. The van der Waals surface area contributed by atoms with Crippen LogP contribution in [-0.2, 0) is 17.6 Å². The highest BCUT2D eigenvalue weighted by Gasteiger charge is 2.20. The first kappa shape index (κ1) is 19.7. The Morgan fingerprint density at radius 2 is 1.86 bits per heavy atom. The van der Waals surface area contributed by atoms with Crippen LogP contribution in [0.1, 0.15) is 49.3 Å². The lowest BCUT2D eigenvalue weighted by atomic mass is 10.0. The molecular weight excluding hydrogens is 348 g/mol. The van der Waals surface area contributed by atoms with Gasteiger partial charge in [0.05, 0.1) is 0 Å². The smallest absolute Gasteiger partial charge is 0.346 e. The Hall–Kier alpha value is -3.06. The van der Waals surface area contributed by atoms with Gasteiger partial charge in [-0.15, -0.1) is 0 Å². The molecule has 1 aliphatic heterocycles. The van der Waals surface area contributed by atoms with Gasteiger partial charge in [0.15, 0.2) is 0 Å². The van der Waals surface area contributed by atoms with E-state index in [1.54, 1.807) is 6.07 Å². The van der Waals surface area contributed by atoms with Crippen LogP contribution in [-0.4, -0.2) is 17.6 Å². The van der Waals surface area contributed by atoms with Crippen molar-refractivity contribution in [2.75, 3.05) is 11.4 Å². The summed E-state index contributed by atoms with van der Waals surface area (Å²) in [6, 6.07) is 16.3. The van der Waals surface area contributed by atoms with Gasteiger partial charge in [-0.3, -0.25) is 0 Å². The molecule has 0 aliphatic carbocycles. The number of hydrogen-bond acceptors (Lipinski definition) is 3. The molecule has 0 saturated carbocycles. The van der Waals surface area contributed by atoms with E-state index >= 15 is 0 Å². The molecule has 144 valence electrons. The molecule has 0 radical (unpaired) electrons. The number of nitriles is 1. The second-order valence-corrected chi connectivity index (χ2v) is 7.20. The van der Waals surface area contributed by atoms with Gasteiger partial charge in [-0.2, -0.15) is 5.26 Å². The predicted molar refractivity (Wildman–Crippen MR) is 113 cm³/mol. The topological polar surface area (TPSA) is 64.3 Å². The van der Waals surface area contributed by atoms with Crippen molar-refractivity contribution >= 4 is 23.4 Å². The first-order chi connectivity index (χ1) is 13.6. The highest BCUT2D eigenvalue weighted by molar-refractivity contribution is 5.96. The molecule has 2 aromatic rings. The van der Waals surface area contributed by atoms with Crippen molar-refractivity contribution in [2.45, 2.75) is 45.4 Å². The molecule has 2 aromatic carbocycles. The summed E-state index contributed by atoms with van der Waals surface area (Å²) in [5.74, 6) is -1.19. The second kappa shape index (κ2) is 9.23. The van der Waals surface area contributed by atoms with E-state index in [-0.39, 0.29) is 5.57 Å². The molecular formula is C24H26N2O2. The van der Waals surface area contributed by atoms with Crippen molar-refractivity contribution in [1.82, 2.24) is 0 Å². The number of fused-ring (bicyclic) bond motifs is 2. The van der Waals surface area contributed by atoms with Gasteiger partial charge in [-0.25, -0.2) is 4.79 Å². The maximum Gasteiger partial charge on any atom is 0.346 e. The van der Waals surface area contributed by atoms with Gasteiger partial charge in [-0.05, 0) is 60.2 Å². The van der Waals surface area contributed by atoms with Crippen LogP contribution in [0.15, 0.2) is 48.0 Å². The SMILES string of the molecule is CCCCCCN1c2ccccc2CCc2cc(/C=C(\C#N)C(=O)O)ccc21. The molecule has 0 unspecified atom stereocenters. The van der Waals surface area contributed by atoms with Crippen LogP contribution >= 0.6 is 0 Å². The van der Waals surface area contributed by atoms with Crippen LogP contribution in [0.5, 0.6) is 0 Å². The van der Waals surface area contributed by atoms with E-state index in [1.807, 2.05) is 12.1 Å². The summed E-state index contributed by atoms with van der Waals surface area (Å²) in [7, 11) is 0. The van der Waals surface area contributed by atoms with Gasteiger partial charge in [-0.1, -0.05) is 50.5 Å². The van der Waals surface area contributed by atoms with E-state index in [4.69, 9.17) is 10.4 Å². The Kier molecular flexibility index (Phi) is 6.49. The average molecular weight is 374 g/mol. The number of carboxylic acid groups (broad SMARTS) is 1. The molecule has 1 N–H and O–H groups in total. The summed E-state index contributed by atoms with van der Waals surface area (Å²) in [5.41, 5.74) is 5.51. The molecule has 0 aromatic heterocycles. The van der Waals surface area contributed by atoms with Crippen LogP contribution in [0.3, 0.4) is 0 Å². The van der Waals surface area contributed by atoms with Crippen molar-refractivity contribution in [1.29, 1.82) is 5.26 Å². The Bertz CT molecular complexity index is 924. The van der Waals surface area contributed by atoms with E-state index < -0.39 is 5.97 Å². The highest BCUT2D eigenvalue weighted by Crippen LogP contribution is 2.37. The van der Waals surface area contributed by atoms with Gasteiger partial charge >= 0.3 is 5.97 Å². The molecule has 28 heavy (non-hydrogen) atoms. The van der Waals surface area contributed by atoms with E-state index in [9.17, 15) is 4.79 Å². The molecule has 0 saturated heterocycles. The second-order valence-electron chi connectivity index (χ2n) is 7.20. The fourth-order valence-corrected chi connectivity index (χ4v) is 3.79. The van der Waals surface area contributed by atoms with E-state index in [0.717, 1.165) is 31.4 Å². The lowest BCUT2D eigenvalue weighted by Gasteiger charge is -2.27. The minimum atomic E-state index is -1.19. The Balaban J connectivity index is 1.97. The number of carboxylic acids is 1. The van der Waals surface area contributed by atoms with Gasteiger partial charge in [0, 0.05) is 17.9 Å². The van der Waals surface area contributed by atoms with Gasteiger partial charge < -0.3 is 10.0 Å². The van der Waals surface area contributed by atoms with Crippen molar-refractivity contribution in [2.24, 2.45) is 0 Å². The van der Waals surface area contributed by atoms with Gasteiger partial charge in [0.2, 0.25) is 0 Å². The first-order valence-electron chi connectivity index (χ1n) is 9.97. The lowest BCUT2D eigenvalue weighted by Crippen LogP contribution is -2.19. The molecule has 0 atom stereocenters. The molecule has 1 aliphatic rings. The monoisotopic (exact) mass is 374 g/mol. The third-order valence-corrected chi connectivity index (χ3v) is 5.24. The van der Waals surface area contributed by atoms with Crippen LogP contribution < -0.4 is 4.90 Å². The molecule has 0 bridgehead atoms. The average Bonchev–Trinajstić information content (AvgIpc) is 2.86. The molecule has 0 fully saturated rings. The molecule has 4 nitrogen and oxygen atoms in total. The molecule has 1 heterocycles. The first-order valence-corrected chi connectivity index (χ1v) is 9.97. The third kappa shape index (κ3) is 4.43. The van der Waals surface area contributed by atoms with Gasteiger partial charge in [0.25, 0.3) is 0 Å². The number of hydrogen-bond donors (Lipinski definition) is 1. The highest BCUT2D eigenvalue weighted by atomic mass is 16.4. The lowest BCUT2D eigenvalue weighted by molar-refractivity contribution is -0.132. The molecule has 4 heteroatoms. The maximum atomic E-state index is 11.2. The summed E-state index contributed by atoms with van der Waals surface area (Å²) >= 11 is 0. The van der Waals surface area contributed by atoms with Crippen molar-refractivity contribution < 1.29 is 9.90 Å². The fraction of sp³-hybridized carbons (Fsp3) is 0.333. The minimum absolute atomic E-state index is 0.242. The van der Waals surface area contributed by atoms with Gasteiger partial charge in [0.1, 0.15) is 11.6 Å². The summed E-state index contributed by atoms with van der Waals surface area (Å²) < 4.78 is 0. The normalized spacial score (nSPS) is 13.3. The number of unbranched alkanes of at least 4 members (excludes halogenated alkanes) is 3. The van der Waals surface area contributed by atoms with Crippen molar-refractivity contribution in [3.8, 4) is 6.07 Å². The number of nitrogens with zero attached hydrogens (tertiary/aromatic N) is 2. The largest absolute Gasteiger partial charge is 0.477 e. The molecule has 0 spiro atoms. The zero-order valence-electron chi connectivity index (χ0n) is 16.3. The van der Waals surface area contributed by atoms with Crippen LogP contribution in [0, 0.1) is 11.3 Å². The van der Waals surface area contributed by atoms with E-state index in [0.29, 0.717) is 0 Å². The number of rotatable bonds is 7. The summed E-state index contributed by atoms with van der Waals surface area (Å²) in [5, 5.41) is 18.2. The summed E-state index contributed by atoms with van der Waals surface area (Å²) in [4.78, 5) is 13.6. The van der Waals surface area contributed by atoms with Crippen LogP contribution in [0.4, 0.5) is 11.4 Å². The Labute approximate surface area is 166 Å². The number of aryl methyl sites for hydroxylation is 2. The molecule has 3 rings (SSSR count). The van der Waals surface area contributed by atoms with Crippen molar-refractivity contribution in [3.63, 3.8) is 0 Å². The number of aliphatic carboxylic acids is 1. The van der Waals surface area contributed by atoms with E-state index in [1.165, 1.54) is 47.8 Å². The van der Waals surface area contributed by atoms with Crippen LogP contribution in [0.2, 0.25) is 0 Å². The molecule has 0 amide bonds. The van der Waals surface area contributed by atoms with Crippen LogP contribution in [0.25, 0.3) is 6.08 Å². The zero-order chi connectivity index (χ0) is 19.9. The Morgan fingerprint density at radius 3 is 2.61 bits per heavy atom. The summed E-state index contributed by atoms with van der Waals surface area (Å²) in [6.45, 7) is 3.19. The predicted octanol–water partition coefficient (Wildman–Crippen LogP) is 5.50. The number of para-hydroxylation sites is 1. The third-order valence-electron chi connectivity index (χ3n) is 5.24. The van der Waals surface area contributed by atoms with Crippen molar-refractivity contribution in [3.05, 3.63) is 64.7 Å². The maximum absolute atomic E-state index is 11.2. The quantitative estimate of drug-likeness (QED) is 0.395. The Morgan fingerprint density at radius 1 is 1.11 bits per heavy atom. The summed E-state index contributed by atoms with van der Waals surface area (Å²) in [6.07, 6.45) is 8.12. The number of benzene rings is 2. The standard InChI is InChI=1S/C24H26N2O2/c1-2-3-4-7-14-26-22-9-6-5-8-19(22)11-12-20-15-18(10-13-23(20)26)16-21(17-25)24(27)28/h5-6,8-10,13,15-16H,2-4,7,11-12,14H2,1H3,(H,27,28)/b21-16+.